The summed E-state index contributed by atoms with van der Waals surface area (Å²) in [6.45, 7) is 8.42. The topological polar surface area (TPSA) is 99.2 Å². The summed E-state index contributed by atoms with van der Waals surface area (Å²) in [6, 6.07) is 0. The monoisotopic (exact) mass is 302 g/mol. The van der Waals surface area contributed by atoms with E-state index in [0.717, 1.165) is 0 Å². The van der Waals surface area contributed by atoms with Crippen LogP contribution in [0.4, 0.5) is 10.5 Å². The van der Waals surface area contributed by atoms with Gasteiger partial charge in [-0.25, -0.2) is 4.79 Å². The maximum absolute atomic E-state index is 11.7. The van der Waals surface area contributed by atoms with E-state index < -0.39 is 23.1 Å². The van der Waals surface area contributed by atoms with E-state index in [1.807, 2.05) is 0 Å². The number of nitrogens with zero attached hydrogens (tertiary/aromatic N) is 2. The summed E-state index contributed by atoms with van der Waals surface area (Å²) in [5, 5.41) is 6.48. The highest BCUT2D eigenvalue weighted by Crippen LogP contribution is 2.24. The minimum absolute atomic E-state index is 0.0465. The summed E-state index contributed by atoms with van der Waals surface area (Å²) in [4.78, 5) is 23.0. The number of ether oxygens (including phenoxy) is 1. The molecule has 0 bridgehead atoms. The lowest BCUT2D eigenvalue weighted by Crippen LogP contribution is -2.41. The van der Waals surface area contributed by atoms with Crippen molar-refractivity contribution in [2.24, 2.45) is 5.73 Å². The standard InChI is InChI=1S/C12H19ClN4O3/c1-11(2,3)20-10(19)15-7-6-17(16-8(7)13)12(4,5)9(14)18/h6H,1-5H3,(H2,14,18)(H,15,19). The van der Waals surface area contributed by atoms with Crippen LogP contribution in [-0.4, -0.2) is 27.4 Å². The van der Waals surface area contributed by atoms with Crippen molar-refractivity contribution in [2.45, 2.75) is 45.8 Å². The Bertz CT molecular complexity index is 531. The van der Waals surface area contributed by atoms with Gasteiger partial charge in [0.15, 0.2) is 5.15 Å². The molecule has 0 spiro atoms. The number of nitrogens with two attached hydrogens (primary N) is 1. The van der Waals surface area contributed by atoms with E-state index in [1.54, 1.807) is 34.6 Å². The van der Waals surface area contributed by atoms with Crippen molar-refractivity contribution in [3.8, 4) is 0 Å². The first-order chi connectivity index (χ1) is 8.93. The van der Waals surface area contributed by atoms with Gasteiger partial charge in [0.2, 0.25) is 5.91 Å². The molecule has 0 aromatic carbocycles. The number of hydrogen-bond donors (Lipinski definition) is 2. The van der Waals surface area contributed by atoms with Crippen LogP contribution in [0.1, 0.15) is 34.6 Å². The van der Waals surface area contributed by atoms with E-state index in [2.05, 4.69) is 10.4 Å². The maximum Gasteiger partial charge on any atom is 0.412 e. The number of amides is 2. The minimum Gasteiger partial charge on any atom is -0.444 e. The van der Waals surface area contributed by atoms with Crippen LogP contribution in [0.5, 0.6) is 0 Å². The molecule has 3 N–H and O–H groups in total. The van der Waals surface area contributed by atoms with E-state index in [-0.39, 0.29) is 10.8 Å². The summed E-state index contributed by atoms with van der Waals surface area (Å²) in [7, 11) is 0. The molecule has 0 fully saturated rings. The highest BCUT2D eigenvalue weighted by atomic mass is 35.5. The van der Waals surface area contributed by atoms with Gasteiger partial charge in [0.25, 0.3) is 0 Å². The fourth-order valence-corrected chi connectivity index (χ4v) is 1.43. The molecule has 0 atom stereocenters. The van der Waals surface area contributed by atoms with Crippen LogP contribution in [0, 0.1) is 0 Å². The van der Waals surface area contributed by atoms with Gasteiger partial charge in [-0.3, -0.25) is 14.8 Å². The van der Waals surface area contributed by atoms with Gasteiger partial charge in [-0.05, 0) is 34.6 Å². The van der Waals surface area contributed by atoms with E-state index in [1.165, 1.54) is 10.9 Å². The van der Waals surface area contributed by atoms with E-state index >= 15 is 0 Å². The normalized spacial score (nSPS) is 12.1. The molecule has 1 aromatic rings. The number of rotatable bonds is 3. The Morgan fingerprint density at radius 3 is 2.35 bits per heavy atom. The van der Waals surface area contributed by atoms with Gasteiger partial charge in [-0.1, -0.05) is 11.6 Å². The zero-order valence-electron chi connectivity index (χ0n) is 12.2. The molecule has 1 rings (SSSR count). The predicted molar refractivity (Wildman–Crippen MR) is 75.6 cm³/mol. The Morgan fingerprint density at radius 1 is 1.35 bits per heavy atom. The molecule has 20 heavy (non-hydrogen) atoms. The summed E-state index contributed by atoms with van der Waals surface area (Å²) in [6.07, 6.45) is 0.771. The van der Waals surface area contributed by atoms with Crippen molar-refractivity contribution in [3.05, 3.63) is 11.3 Å². The molecule has 7 nitrogen and oxygen atoms in total. The molecular formula is C12H19ClN4O3. The maximum atomic E-state index is 11.7. The smallest absolute Gasteiger partial charge is 0.412 e. The summed E-state index contributed by atoms with van der Waals surface area (Å²) >= 11 is 5.92. The van der Waals surface area contributed by atoms with Gasteiger partial charge in [0.05, 0.1) is 6.20 Å². The fraction of sp³-hybridized carbons (Fsp3) is 0.583. The van der Waals surface area contributed by atoms with Crippen LogP contribution >= 0.6 is 11.6 Å². The van der Waals surface area contributed by atoms with Crippen LogP contribution in [0.15, 0.2) is 6.20 Å². The number of hydrogen-bond acceptors (Lipinski definition) is 4. The number of anilines is 1. The molecule has 0 aliphatic carbocycles. The molecular weight excluding hydrogens is 284 g/mol. The first-order valence-electron chi connectivity index (χ1n) is 5.99. The molecule has 2 amide bonds. The van der Waals surface area contributed by atoms with Crippen LogP contribution < -0.4 is 11.1 Å². The minimum atomic E-state index is -1.06. The Morgan fingerprint density at radius 2 is 1.90 bits per heavy atom. The van der Waals surface area contributed by atoms with Crippen LogP contribution in [0.3, 0.4) is 0 Å². The number of halogens is 1. The first-order valence-corrected chi connectivity index (χ1v) is 6.37. The molecule has 0 unspecified atom stereocenters. The average Bonchev–Trinajstić information content (AvgIpc) is 2.57. The Kier molecular flexibility index (Phi) is 4.33. The van der Waals surface area contributed by atoms with Crippen molar-refractivity contribution >= 4 is 29.3 Å². The van der Waals surface area contributed by atoms with Crippen molar-refractivity contribution < 1.29 is 14.3 Å². The Balaban J connectivity index is 2.92. The lowest BCUT2D eigenvalue weighted by molar-refractivity contribution is -0.125. The van der Waals surface area contributed by atoms with Crippen molar-refractivity contribution in [3.63, 3.8) is 0 Å². The molecule has 112 valence electrons. The summed E-state index contributed by atoms with van der Waals surface area (Å²) in [5.74, 6) is -0.569. The largest absolute Gasteiger partial charge is 0.444 e. The summed E-state index contributed by atoms with van der Waals surface area (Å²) in [5.41, 5.74) is 3.85. The van der Waals surface area contributed by atoms with Gasteiger partial charge in [-0.2, -0.15) is 5.10 Å². The van der Waals surface area contributed by atoms with Crippen LogP contribution in [-0.2, 0) is 15.1 Å². The van der Waals surface area contributed by atoms with Crippen molar-refractivity contribution in [2.75, 3.05) is 5.32 Å². The van der Waals surface area contributed by atoms with Crippen LogP contribution in [0.2, 0.25) is 5.15 Å². The number of nitrogens with one attached hydrogen (secondary N) is 1. The second kappa shape index (κ2) is 5.32. The second-order valence-electron chi connectivity index (χ2n) is 5.83. The highest BCUT2D eigenvalue weighted by molar-refractivity contribution is 6.32. The molecule has 0 saturated carbocycles. The zero-order valence-corrected chi connectivity index (χ0v) is 12.9. The lowest BCUT2D eigenvalue weighted by atomic mass is 10.1. The molecule has 0 saturated heterocycles. The second-order valence-corrected chi connectivity index (χ2v) is 6.19. The number of aromatic nitrogens is 2. The Labute approximate surface area is 122 Å². The van der Waals surface area contributed by atoms with Gasteiger partial charge >= 0.3 is 6.09 Å². The van der Waals surface area contributed by atoms with Gasteiger partial charge in [0.1, 0.15) is 16.8 Å². The average molecular weight is 303 g/mol. The molecule has 8 heteroatoms. The van der Waals surface area contributed by atoms with Gasteiger partial charge < -0.3 is 10.5 Å². The lowest BCUT2D eigenvalue weighted by Gasteiger charge is -2.21. The fourth-order valence-electron chi connectivity index (χ4n) is 1.25. The van der Waals surface area contributed by atoms with Crippen molar-refractivity contribution in [1.29, 1.82) is 0 Å². The van der Waals surface area contributed by atoms with E-state index in [0.29, 0.717) is 0 Å². The zero-order chi connectivity index (χ0) is 15.7. The first kappa shape index (κ1) is 16.3. The van der Waals surface area contributed by atoms with Crippen molar-refractivity contribution in [1.82, 2.24) is 9.78 Å². The van der Waals surface area contributed by atoms with E-state index in [4.69, 9.17) is 22.1 Å². The molecule has 1 aromatic heterocycles. The third-order valence-electron chi connectivity index (χ3n) is 2.48. The van der Waals surface area contributed by atoms with Crippen LogP contribution in [0.25, 0.3) is 0 Å². The predicted octanol–water partition coefficient (Wildman–Crippen LogP) is 2.10. The molecule has 0 aliphatic heterocycles. The number of primary amides is 1. The SMILES string of the molecule is CC(C)(C)OC(=O)Nc1cn(C(C)(C)C(N)=O)nc1Cl. The summed E-state index contributed by atoms with van der Waals surface area (Å²) < 4.78 is 6.40. The molecule has 0 aliphatic rings. The third kappa shape index (κ3) is 3.86. The number of carbonyl (C=O) groups excluding carboxylic acids is 2. The highest BCUT2D eigenvalue weighted by Gasteiger charge is 2.29. The quantitative estimate of drug-likeness (QED) is 0.893. The third-order valence-corrected chi connectivity index (χ3v) is 2.76. The van der Waals surface area contributed by atoms with E-state index in [9.17, 15) is 9.59 Å². The Hall–Kier alpha value is -1.76. The molecule has 1 heterocycles. The molecule has 0 radical (unpaired) electrons. The van der Waals surface area contributed by atoms with Gasteiger partial charge in [0, 0.05) is 0 Å². The van der Waals surface area contributed by atoms with Gasteiger partial charge in [-0.15, -0.1) is 0 Å². The number of carbonyl (C=O) groups is 2.